The number of benzene rings is 2. The van der Waals surface area contributed by atoms with Gasteiger partial charge in [-0.3, -0.25) is 4.90 Å². The second kappa shape index (κ2) is 7.08. The van der Waals surface area contributed by atoms with E-state index >= 15 is 0 Å². The fraction of sp³-hybridized carbons (Fsp3) is 0.333. The van der Waals surface area contributed by atoms with Crippen LogP contribution in [-0.2, 0) is 6.54 Å². The lowest BCUT2D eigenvalue weighted by Gasteiger charge is -2.32. The average molecular weight is 303 g/mol. The van der Waals surface area contributed by atoms with Crippen molar-refractivity contribution in [1.29, 1.82) is 0 Å². The lowest BCUT2D eigenvalue weighted by Crippen LogP contribution is -2.37. The minimum Gasteiger partial charge on any atom is -0.326 e. The van der Waals surface area contributed by atoms with Gasteiger partial charge in [0.05, 0.1) is 0 Å². The number of hydrogen-bond acceptors (Lipinski definition) is 2. The van der Waals surface area contributed by atoms with Gasteiger partial charge in [-0.2, -0.15) is 0 Å². The van der Waals surface area contributed by atoms with Gasteiger partial charge >= 0.3 is 0 Å². The molecule has 2 N–H and O–H groups in total. The highest BCUT2D eigenvalue weighted by molar-refractivity contribution is 6.31. The highest BCUT2D eigenvalue weighted by Crippen LogP contribution is 2.26. The number of likely N-dealkylation sites (N-methyl/N-ethyl adjacent to an activating group) is 1. The van der Waals surface area contributed by atoms with Crippen LogP contribution in [0.5, 0.6) is 0 Å². The predicted molar refractivity (Wildman–Crippen MR) is 90.5 cm³/mol. The summed E-state index contributed by atoms with van der Waals surface area (Å²) in [7, 11) is 2.10. The fourth-order valence-electron chi connectivity index (χ4n) is 2.81. The quantitative estimate of drug-likeness (QED) is 0.898. The van der Waals surface area contributed by atoms with Gasteiger partial charge in [0.25, 0.3) is 0 Å². The van der Waals surface area contributed by atoms with Gasteiger partial charge in [-0.25, -0.2) is 0 Å². The molecule has 2 aromatic rings. The maximum atomic E-state index is 6.27. The fourth-order valence-corrected chi connectivity index (χ4v) is 3.00. The second-order valence-corrected chi connectivity index (χ2v) is 6.13. The molecule has 0 saturated carbocycles. The maximum absolute atomic E-state index is 6.27. The van der Waals surface area contributed by atoms with E-state index in [9.17, 15) is 0 Å². The van der Waals surface area contributed by atoms with Crippen LogP contribution in [0.15, 0.2) is 48.5 Å². The molecule has 2 nitrogen and oxygen atoms in total. The van der Waals surface area contributed by atoms with Gasteiger partial charge in [0.2, 0.25) is 0 Å². The van der Waals surface area contributed by atoms with Crippen LogP contribution in [0.4, 0.5) is 0 Å². The van der Waals surface area contributed by atoms with Crippen molar-refractivity contribution in [2.45, 2.75) is 32.5 Å². The molecule has 0 saturated heterocycles. The molecule has 0 amide bonds. The predicted octanol–water partition coefficient (Wildman–Crippen LogP) is 4.17. The Kier molecular flexibility index (Phi) is 5.40. The van der Waals surface area contributed by atoms with Crippen molar-refractivity contribution in [3.8, 4) is 0 Å². The average Bonchev–Trinajstić information content (AvgIpc) is 2.41. The molecule has 3 heteroatoms. The number of hydrogen-bond donors (Lipinski definition) is 1. The van der Waals surface area contributed by atoms with Gasteiger partial charge in [-0.05, 0) is 38.1 Å². The van der Waals surface area contributed by atoms with E-state index in [4.69, 9.17) is 17.3 Å². The highest BCUT2D eigenvalue weighted by atomic mass is 35.5. The van der Waals surface area contributed by atoms with Crippen LogP contribution in [0.2, 0.25) is 5.02 Å². The Morgan fingerprint density at radius 1 is 1.14 bits per heavy atom. The van der Waals surface area contributed by atoms with Crippen LogP contribution in [0, 0.1) is 6.92 Å². The van der Waals surface area contributed by atoms with Crippen molar-refractivity contribution in [2.75, 3.05) is 7.05 Å². The third-order valence-electron chi connectivity index (χ3n) is 3.73. The van der Waals surface area contributed by atoms with Crippen LogP contribution in [0.25, 0.3) is 0 Å². The number of nitrogens with two attached hydrogens (primary N) is 1. The molecular formula is C18H23ClN2. The van der Waals surface area contributed by atoms with Gasteiger partial charge in [0.1, 0.15) is 0 Å². The Bertz CT molecular complexity index is 595. The molecule has 21 heavy (non-hydrogen) atoms. The molecule has 0 aliphatic carbocycles. The van der Waals surface area contributed by atoms with E-state index in [2.05, 4.69) is 56.1 Å². The summed E-state index contributed by atoms with van der Waals surface area (Å²) in [4.78, 5) is 2.26. The molecule has 2 unspecified atom stereocenters. The Balaban J connectivity index is 2.24. The summed E-state index contributed by atoms with van der Waals surface area (Å²) in [5, 5.41) is 0.803. The highest BCUT2D eigenvalue weighted by Gasteiger charge is 2.21. The van der Waals surface area contributed by atoms with Crippen LogP contribution >= 0.6 is 11.6 Å². The molecule has 0 heterocycles. The van der Waals surface area contributed by atoms with Crippen molar-refractivity contribution >= 4 is 11.6 Å². The molecule has 0 spiro atoms. The first-order valence-corrected chi connectivity index (χ1v) is 7.62. The maximum Gasteiger partial charge on any atom is 0.0497 e. The molecule has 0 bridgehead atoms. The largest absolute Gasteiger partial charge is 0.326 e. The topological polar surface area (TPSA) is 29.3 Å². The van der Waals surface area contributed by atoms with Gasteiger partial charge in [0, 0.05) is 23.7 Å². The number of aryl methyl sites for hydroxylation is 1. The normalized spacial score (nSPS) is 14.2. The SMILES string of the molecule is Cc1cccc(C(C(C)N)N(C)Cc2ccccc2Cl)c1. The number of halogens is 1. The van der Waals surface area contributed by atoms with Crippen molar-refractivity contribution in [2.24, 2.45) is 5.73 Å². The second-order valence-electron chi connectivity index (χ2n) is 5.72. The van der Waals surface area contributed by atoms with E-state index in [1.165, 1.54) is 11.1 Å². The molecule has 0 fully saturated rings. The number of rotatable bonds is 5. The summed E-state index contributed by atoms with van der Waals surface area (Å²) in [6.45, 7) is 4.94. The summed E-state index contributed by atoms with van der Waals surface area (Å²) in [6.07, 6.45) is 0. The summed E-state index contributed by atoms with van der Waals surface area (Å²) < 4.78 is 0. The van der Waals surface area contributed by atoms with E-state index in [-0.39, 0.29) is 12.1 Å². The van der Waals surface area contributed by atoms with Crippen molar-refractivity contribution < 1.29 is 0 Å². The molecule has 0 aliphatic rings. The number of nitrogens with zero attached hydrogens (tertiary/aromatic N) is 1. The van der Waals surface area contributed by atoms with Crippen LogP contribution in [0.1, 0.15) is 29.7 Å². The van der Waals surface area contributed by atoms with Gasteiger partial charge in [0.15, 0.2) is 0 Å². The monoisotopic (exact) mass is 302 g/mol. The molecule has 2 aromatic carbocycles. The van der Waals surface area contributed by atoms with E-state index in [0.29, 0.717) is 0 Å². The van der Waals surface area contributed by atoms with Crippen molar-refractivity contribution in [3.05, 3.63) is 70.2 Å². The first-order valence-electron chi connectivity index (χ1n) is 7.25. The van der Waals surface area contributed by atoms with E-state index < -0.39 is 0 Å². The molecule has 0 radical (unpaired) electrons. The minimum atomic E-state index is 0.0410. The Labute approximate surface area is 132 Å². The van der Waals surface area contributed by atoms with Crippen LogP contribution in [0.3, 0.4) is 0 Å². The van der Waals surface area contributed by atoms with Crippen molar-refractivity contribution in [3.63, 3.8) is 0 Å². The van der Waals surface area contributed by atoms with E-state index in [0.717, 1.165) is 17.1 Å². The zero-order valence-corrected chi connectivity index (χ0v) is 13.6. The standard InChI is InChI=1S/C18H23ClN2/c1-13-7-6-9-15(11-13)18(14(2)20)21(3)12-16-8-4-5-10-17(16)19/h4-11,14,18H,12,20H2,1-3H3. The molecular weight excluding hydrogens is 280 g/mol. The van der Waals surface area contributed by atoms with Gasteiger partial charge in [-0.15, -0.1) is 0 Å². The molecule has 2 atom stereocenters. The van der Waals surface area contributed by atoms with Gasteiger partial charge < -0.3 is 5.73 Å². The smallest absolute Gasteiger partial charge is 0.0497 e. The minimum absolute atomic E-state index is 0.0410. The van der Waals surface area contributed by atoms with Crippen LogP contribution in [-0.4, -0.2) is 18.0 Å². The molecule has 0 aromatic heterocycles. The summed E-state index contributed by atoms with van der Waals surface area (Å²) in [5.41, 5.74) is 9.87. The third-order valence-corrected chi connectivity index (χ3v) is 4.10. The zero-order chi connectivity index (χ0) is 15.4. The summed E-state index contributed by atoms with van der Waals surface area (Å²) in [5.74, 6) is 0. The Morgan fingerprint density at radius 2 is 1.86 bits per heavy atom. The first kappa shape index (κ1) is 16.0. The summed E-state index contributed by atoms with van der Waals surface area (Å²) in [6, 6.07) is 16.7. The van der Waals surface area contributed by atoms with Crippen LogP contribution < -0.4 is 5.73 Å². The zero-order valence-electron chi connectivity index (χ0n) is 12.9. The first-order chi connectivity index (χ1) is 9.99. The Morgan fingerprint density at radius 3 is 2.48 bits per heavy atom. The van der Waals surface area contributed by atoms with E-state index in [1.54, 1.807) is 0 Å². The van der Waals surface area contributed by atoms with Gasteiger partial charge in [-0.1, -0.05) is 59.6 Å². The lowest BCUT2D eigenvalue weighted by molar-refractivity contribution is 0.211. The van der Waals surface area contributed by atoms with Crippen molar-refractivity contribution in [1.82, 2.24) is 4.90 Å². The molecule has 2 rings (SSSR count). The summed E-state index contributed by atoms with van der Waals surface area (Å²) >= 11 is 6.27. The van der Waals surface area contributed by atoms with E-state index in [1.807, 2.05) is 18.2 Å². The third kappa shape index (κ3) is 4.07. The Hall–Kier alpha value is -1.35. The lowest BCUT2D eigenvalue weighted by atomic mass is 9.97. The molecule has 112 valence electrons. The molecule has 0 aliphatic heterocycles.